The standard InChI is InChI=1S/C14H18N2O3S/c1-10-5-6-16(13(10)9-17)20(18,19)14-4-3-12(8-15)7-11(14)2/h3-4,7,10,13,17H,5-6,9H2,1-2H3. The first-order valence-corrected chi connectivity index (χ1v) is 7.99. The summed E-state index contributed by atoms with van der Waals surface area (Å²) in [7, 11) is -3.62. The Morgan fingerprint density at radius 3 is 2.75 bits per heavy atom. The molecule has 1 aliphatic heterocycles. The Kier molecular flexibility index (Phi) is 4.14. The molecule has 0 aliphatic carbocycles. The zero-order valence-corrected chi connectivity index (χ0v) is 12.4. The lowest BCUT2D eigenvalue weighted by atomic mass is 10.0. The summed E-state index contributed by atoms with van der Waals surface area (Å²) in [5.74, 6) is 0.147. The first-order chi connectivity index (χ1) is 9.41. The van der Waals surface area contributed by atoms with Gasteiger partial charge in [0, 0.05) is 6.54 Å². The largest absolute Gasteiger partial charge is 0.395 e. The van der Waals surface area contributed by atoms with Gasteiger partial charge in [-0.3, -0.25) is 0 Å². The van der Waals surface area contributed by atoms with E-state index >= 15 is 0 Å². The number of hydrogen-bond acceptors (Lipinski definition) is 4. The minimum atomic E-state index is -3.62. The van der Waals surface area contributed by atoms with E-state index in [9.17, 15) is 13.5 Å². The number of rotatable bonds is 3. The molecule has 20 heavy (non-hydrogen) atoms. The van der Waals surface area contributed by atoms with Crippen molar-refractivity contribution in [3.63, 3.8) is 0 Å². The van der Waals surface area contributed by atoms with Gasteiger partial charge >= 0.3 is 0 Å². The molecule has 2 atom stereocenters. The van der Waals surface area contributed by atoms with Gasteiger partial charge in [0.2, 0.25) is 10.0 Å². The first-order valence-electron chi connectivity index (χ1n) is 6.55. The Balaban J connectivity index is 2.43. The van der Waals surface area contributed by atoms with Crippen molar-refractivity contribution >= 4 is 10.0 Å². The van der Waals surface area contributed by atoms with Gasteiger partial charge < -0.3 is 5.11 Å². The monoisotopic (exact) mass is 294 g/mol. The van der Waals surface area contributed by atoms with Crippen molar-refractivity contribution in [3.8, 4) is 6.07 Å². The Labute approximate surface area is 119 Å². The third-order valence-electron chi connectivity index (χ3n) is 3.91. The number of nitrogens with zero attached hydrogens (tertiary/aromatic N) is 2. The summed E-state index contributed by atoms with van der Waals surface area (Å²) in [6.45, 7) is 3.88. The van der Waals surface area contributed by atoms with Gasteiger partial charge in [-0.15, -0.1) is 0 Å². The third kappa shape index (κ3) is 2.44. The average Bonchev–Trinajstić information content (AvgIpc) is 2.79. The average molecular weight is 294 g/mol. The molecule has 108 valence electrons. The van der Waals surface area contributed by atoms with E-state index in [-0.39, 0.29) is 23.5 Å². The Morgan fingerprint density at radius 2 is 2.20 bits per heavy atom. The molecular formula is C14H18N2O3S. The molecule has 0 spiro atoms. The van der Waals surface area contributed by atoms with Crippen LogP contribution < -0.4 is 0 Å². The van der Waals surface area contributed by atoms with Crippen molar-refractivity contribution in [2.75, 3.05) is 13.2 Å². The van der Waals surface area contributed by atoms with Gasteiger partial charge in [-0.05, 0) is 43.0 Å². The number of hydrogen-bond donors (Lipinski definition) is 1. The maximum absolute atomic E-state index is 12.7. The quantitative estimate of drug-likeness (QED) is 0.910. The number of sulfonamides is 1. The van der Waals surface area contributed by atoms with Crippen LogP contribution in [0.3, 0.4) is 0 Å². The number of aliphatic hydroxyl groups is 1. The molecule has 2 rings (SSSR count). The van der Waals surface area contributed by atoms with E-state index in [2.05, 4.69) is 0 Å². The summed E-state index contributed by atoms with van der Waals surface area (Å²) in [4.78, 5) is 0.212. The van der Waals surface area contributed by atoms with Crippen LogP contribution in [0.5, 0.6) is 0 Å². The molecule has 2 unspecified atom stereocenters. The van der Waals surface area contributed by atoms with Crippen LogP contribution in [0, 0.1) is 24.2 Å². The highest BCUT2D eigenvalue weighted by molar-refractivity contribution is 7.89. The van der Waals surface area contributed by atoms with Crippen LogP contribution in [0.25, 0.3) is 0 Å². The minimum Gasteiger partial charge on any atom is -0.395 e. The predicted molar refractivity (Wildman–Crippen MR) is 74.4 cm³/mol. The number of nitriles is 1. The molecule has 1 aliphatic rings. The van der Waals surface area contributed by atoms with Gasteiger partial charge in [0.25, 0.3) is 0 Å². The van der Waals surface area contributed by atoms with Crippen molar-refractivity contribution in [2.24, 2.45) is 5.92 Å². The van der Waals surface area contributed by atoms with E-state index in [1.807, 2.05) is 13.0 Å². The van der Waals surface area contributed by atoms with Crippen molar-refractivity contribution in [2.45, 2.75) is 31.2 Å². The van der Waals surface area contributed by atoms with E-state index in [4.69, 9.17) is 5.26 Å². The molecule has 1 saturated heterocycles. The predicted octanol–water partition coefficient (Wildman–Crippen LogP) is 1.26. The van der Waals surface area contributed by atoms with Crippen LogP contribution in [-0.2, 0) is 10.0 Å². The van der Waals surface area contributed by atoms with Gasteiger partial charge in [-0.2, -0.15) is 9.57 Å². The summed E-state index contributed by atoms with van der Waals surface area (Å²) in [6, 6.07) is 6.18. The molecule has 1 N–H and O–H groups in total. The molecule has 1 heterocycles. The fourth-order valence-electron chi connectivity index (χ4n) is 2.68. The van der Waals surface area contributed by atoms with Crippen LogP contribution in [-0.4, -0.2) is 37.0 Å². The van der Waals surface area contributed by atoms with E-state index < -0.39 is 10.0 Å². The van der Waals surface area contributed by atoms with Crippen molar-refractivity contribution in [1.29, 1.82) is 5.26 Å². The number of benzene rings is 1. The topological polar surface area (TPSA) is 81.4 Å². The Morgan fingerprint density at radius 1 is 1.50 bits per heavy atom. The van der Waals surface area contributed by atoms with Gasteiger partial charge in [0.05, 0.1) is 29.2 Å². The van der Waals surface area contributed by atoms with Crippen LogP contribution in [0.1, 0.15) is 24.5 Å². The lowest BCUT2D eigenvalue weighted by molar-refractivity contribution is 0.191. The normalized spacial score (nSPS) is 23.7. The van der Waals surface area contributed by atoms with E-state index in [1.165, 1.54) is 16.4 Å². The summed E-state index contributed by atoms with van der Waals surface area (Å²) < 4.78 is 26.8. The van der Waals surface area contributed by atoms with Crippen LogP contribution in [0.2, 0.25) is 0 Å². The molecule has 6 heteroatoms. The number of aryl methyl sites for hydroxylation is 1. The van der Waals surface area contributed by atoms with Gasteiger partial charge in [-0.1, -0.05) is 6.92 Å². The zero-order chi connectivity index (χ0) is 14.9. The van der Waals surface area contributed by atoms with E-state index in [0.717, 1.165) is 6.42 Å². The lowest BCUT2D eigenvalue weighted by Crippen LogP contribution is -2.40. The van der Waals surface area contributed by atoms with E-state index in [1.54, 1.807) is 13.0 Å². The second kappa shape index (κ2) is 5.52. The maximum Gasteiger partial charge on any atom is 0.243 e. The number of aliphatic hydroxyl groups excluding tert-OH is 1. The van der Waals surface area contributed by atoms with Crippen molar-refractivity contribution < 1.29 is 13.5 Å². The SMILES string of the molecule is Cc1cc(C#N)ccc1S(=O)(=O)N1CCC(C)C1CO. The molecule has 0 saturated carbocycles. The fourth-order valence-corrected chi connectivity index (χ4v) is 4.61. The van der Waals surface area contributed by atoms with Gasteiger partial charge in [0.1, 0.15) is 0 Å². The fraction of sp³-hybridized carbons (Fsp3) is 0.500. The highest BCUT2D eigenvalue weighted by Gasteiger charge is 2.39. The second-order valence-corrected chi connectivity index (χ2v) is 7.08. The molecule has 1 aromatic carbocycles. The lowest BCUT2D eigenvalue weighted by Gasteiger charge is -2.25. The summed E-state index contributed by atoms with van der Waals surface area (Å²) in [5, 5.41) is 18.3. The third-order valence-corrected chi connectivity index (χ3v) is 5.99. The summed E-state index contributed by atoms with van der Waals surface area (Å²) in [6.07, 6.45) is 0.750. The van der Waals surface area contributed by atoms with Crippen LogP contribution in [0.4, 0.5) is 0 Å². The summed E-state index contributed by atoms with van der Waals surface area (Å²) >= 11 is 0. The van der Waals surface area contributed by atoms with E-state index in [0.29, 0.717) is 17.7 Å². The first kappa shape index (κ1) is 15.0. The molecule has 1 fully saturated rings. The smallest absolute Gasteiger partial charge is 0.243 e. The van der Waals surface area contributed by atoms with Crippen molar-refractivity contribution in [3.05, 3.63) is 29.3 Å². The molecule has 0 amide bonds. The molecule has 0 aromatic heterocycles. The van der Waals surface area contributed by atoms with Crippen molar-refractivity contribution in [1.82, 2.24) is 4.31 Å². The molecule has 0 radical (unpaired) electrons. The molecule has 5 nitrogen and oxygen atoms in total. The van der Waals surface area contributed by atoms with Gasteiger partial charge in [0.15, 0.2) is 0 Å². The molecular weight excluding hydrogens is 276 g/mol. The van der Waals surface area contributed by atoms with Crippen LogP contribution >= 0.6 is 0 Å². The highest BCUT2D eigenvalue weighted by atomic mass is 32.2. The van der Waals surface area contributed by atoms with Gasteiger partial charge in [-0.25, -0.2) is 8.42 Å². The zero-order valence-electron chi connectivity index (χ0n) is 11.6. The Bertz CT molecular complexity index is 649. The molecule has 0 bridgehead atoms. The second-order valence-electron chi connectivity index (χ2n) is 5.22. The Hall–Kier alpha value is -1.42. The maximum atomic E-state index is 12.7. The minimum absolute atomic E-state index is 0.147. The summed E-state index contributed by atoms with van der Waals surface area (Å²) in [5.41, 5.74) is 0.996. The van der Waals surface area contributed by atoms with Crippen LogP contribution in [0.15, 0.2) is 23.1 Å². The highest BCUT2D eigenvalue weighted by Crippen LogP contribution is 2.31. The molecule has 1 aromatic rings.